The number of nitrogen functional groups attached to an aromatic ring is 1. The lowest BCUT2D eigenvalue weighted by atomic mass is 10.2. The lowest BCUT2D eigenvalue weighted by Gasteiger charge is -2.36. The van der Waals surface area contributed by atoms with E-state index in [2.05, 4.69) is 5.10 Å². The lowest BCUT2D eigenvalue weighted by molar-refractivity contribution is -0.0860. The van der Waals surface area contributed by atoms with Gasteiger partial charge in [-0.3, -0.25) is 9.48 Å². The van der Waals surface area contributed by atoms with Crippen LogP contribution < -0.4 is 5.73 Å². The standard InChI is InChI=1S/C12H20N4O3/c1-3-16-11(10(13)4-14-16)12(18)15-5-8(2)19-9(6-15)7-17/h4,8-9,17H,3,5-7,13H2,1-2H3. The molecule has 1 aromatic heterocycles. The van der Waals surface area contributed by atoms with Gasteiger partial charge in [-0.2, -0.15) is 5.10 Å². The van der Waals surface area contributed by atoms with Crippen LogP contribution in [0.4, 0.5) is 5.69 Å². The van der Waals surface area contributed by atoms with Crippen LogP contribution in [0.15, 0.2) is 6.20 Å². The van der Waals surface area contributed by atoms with Gasteiger partial charge in [0.25, 0.3) is 5.91 Å². The number of nitrogens with zero attached hydrogens (tertiary/aromatic N) is 3. The first kappa shape index (κ1) is 13.8. The van der Waals surface area contributed by atoms with Gasteiger partial charge in [0.2, 0.25) is 0 Å². The fraction of sp³-hybridized carbons (Fsp3) is 0.667. The highest BCUT2D eigenvalue weighted by molar-refractivity contribution is 5.97. The average Bonchev–Trinajstić information content (AvgIpc) is 2.78. The minimum Gasteiger partial charge on any atom is -0.396 e. The number of hydrogen-bond donors (Lipinski definition) is 2. The number of morpholine rings is 1. The number of hydrogen-bond acceptors (Lipinski definition) is 5. The Balaban J connectivity index is 2.21. The first-order valence-electron chi connectivity index (χ1n) is 6.43. The van der Waals surface area contributed by atoms with Gasteiger partial charge in [-0.15, -0.1) is 0 Å². The molecule has 0 aliphatic carbocycles. The first-order chi connectivity index (χ1) is 9.06. The molecule has 3 N–H and O–H groups in total. The molecule has 1 aliphatic rings. The molecule has 2 atom stereocenters. The van der Waals surface area contributed by atoms with Crippen LogP contribution >= 0.6 is 0 Å². The number of aromatic nitrogens is 2. The van der Waals surface area contributed by atoms with Crippen molar-refractivity contribution in [1.82, 2.24) is 14.7 Å². The van der Waals surface area contributed by atoms with Gasteiger partial charge in [0, 0.05) is 19.6 Å². The molecule has 0 aromatic carbocycles. The summed E-state index contributed by atoms with van der Waals surface area (Å²) < 4.78 is 7.11. The summed E-state index contributed by atoms with van der Waals surface area (Å²) in [7, 11) is 0. The van der Waals surface area contributed by atoms with E-state index in [0.29, 0.717) is 31.0 Å². The molecule has 1 fully saturated rings. The lowest BCUT2D eigenvalue weighted by Crippen LogP contribution is -2.50. The van der Waals surface area contributed by atoms with Crippen LogP contribution in [0.5, 0.6) is 0 Å². The van der Waals surface area contributed by atoms with E-state index in [-0.39, 0.29) is 24.7 Å². The molecule has 1 saturated heterocycles. The summed E-state index contributed by atoms with van der Waals surface area (Å²) in [4.78, 5) is 14.2. The van der Waals surface area contributed by atoms with Crippen molar-refractivity contribution in [2.45, 2.75) is 32.6 Å². The maximum Gasteiger partial charge on any atom is 0.274 e. The number of nitrogens with two attached hydrogens (primary N) is 1. The second kappa shape index (κ2) is 5.58. The van der Waals surface area contributed by atoms with Crippen LogP contribution in [0.3, 0.4) is 0 Å². The molecule has 0 saturated carbocycles. The normalized spacial score (nSPS) is 23.6. The Morgan fingerprint density at radius 2 is 2.37 bits per heavy atom. The molecular formula is C12H20N4O3. The summed E-state index contributed by atoms with van der Waals surface area (Å²) in [6.45, 7) is 5.13. The molecule has 106 valence electrons. The van der Waals surface area contributed by atoms with E-state index in [1.165, 1.54) is 6.20 Å². The first-order valence-corrected chi connectivity index (χ1v) is 6.43. The SMILES string of the molecule is CCn1ncc(N)c1C(=O)N1CC(C)OC(CO)C1. The maximum absolute atomic E-state index is 12.5. The van der Waals surface area contributed by atoms with Gasteiger partial charge < -0.3 is 20.5 Å². The van der Waals surface area contributed by atoms with Crippen LogP contribution in [-0.2, 0) is 11.3 Å². The summed E-state index contributed by atoms with van der Waals surface area (Å²) in [5, 5.41) is 13.3. The third-order valence-corrected chi connectivity index (χ3v) is 3.19. The van der Waals surface area contributed by atoms with Crippen LogP contribution in [-0.4, -0.2) is 57.6 Å². The van der Waals surface area contributed by atoms with Gasteiger partial charge in [0.15, 0.2) is 0 Å². The van der Waals surface area contributed by atoms with Crippen molar-refractivity contribution in [3.63, 3.8) is 0 Å². The van der Waals surface area contributed by atoms with Crippen molar-refractivity contribution in [2.75, 3.05) is 25.4 Å². The highest BCUT2D eigenvalue weighted by Crippen LogP contribution is 2.18. The van der Waals surface area contributed by atoms with Gasteiger partial charge >= 0.3 is 0 Å². The molecule has 0 spiro atoms. The van der Waals surface area contributed by atoms with Gasteiger partial charge in [0.05, 0.1) is 30.7 Å². The van der Waals surface area contributed by atoms with Crippen molar-refractivity contribution in [1.29, 1.82) is 0 Å². The van der Waals surface area contributed by atoms with Gasteiger partial charge in [-0.05, 0) is 13.8 Å². The van der Waals surface area contributed by atoms with Gasteiger partial charge in [-0.1, -0.05) is 0 Å². The number of carbonyl (C=O) groups is 1. The molecular weight excluding hydrogens is 248 g/mol. The Labute approximate surface area is 111 Å². The van der Waals surface area contributed by atoms with Crippen molar-refractivity contribution in [2.24, 2.45) is 0 Å². The minimum atomic E-state index is -0.341. The monoisotopic (exact) mass is 268 g/mol. The number of carbonyl (C=O) groups excluding carboxylic acids is 1. The van der Waals surface area contributed by atoms with Crippen molar-refractivity contribution in [3.05, 3.63) is 11.9 Å². The molecule has 1 amide bonds. The van der Waals surface area contributed by atoms with Crippen LogP contribution in [0.25, 0.3) is 0 Å². The van der Waals surface area contributed by atoms with Crippen molar-refractivity contribution < 1.29 is 14.6 Å². The van der Waals surface area contributed by atoms with Crippen LogP contribution in [0, 0.1) is 0 Å². The molecule has 2 rings (SSSR count). The van der Waals surface area contributed by atoms with Crippen LogP contribution in [0.1, 0.15) is 24.3 Å². The second-order valence-corrected chi connectivity index (χ2v) is 4.73. The van der Waals surface area contributed by atoms with Crippen molar-refractivity contribution >= 4 is 11.6 Å². The summed E-state index contributed by atoms with van der Waals surface area (Å²) in [6.07, 6.45) is 1.05. The molecule has 19 heavy (non-hydrogen) atoms. The van der Waals surface area contributed by atoms with E-state index in [4.69, 9.17) is 10.5 Å². The molecule has 0 radical (unpaired) electrons. The number of ether oxygens (including phenoxy) is 1. The van der Waals surface area contributed by atoms with Gasteiger partial charge in [0.1, 0.15) is 5.69 Å². The fourth-order valence-corrected chi connectivity index (χ4v) is 2.34. The number of aliphatic hydroxyl groups excluding tert-OH is 1. The molecule has 2 heterocycles. The Morgan fingerprint density at radius 1 is 1.63 bits per heavy atom. The van der Waals surface area contributed by atoms with Crippen molar-refractivity contribution in [3.8, 4) is 0 Å². The highest BCUT2D eigenvalue weighted by atomic mass is 16.5. The predicted octanol–water partition coefficient (Wildman–Crippen LogP) is -0.293. The number of anilines is 1. The number of aryl methyl sites for hydroxylation is 1. The molecule has 7 heteroatoms. The summed E-state index contributed by atoms with van der Waals surface area (Å²) in [5.74, 6) is -0.162. The summed E-state index contributed by atoms with van der Waals surface area (Å²) in [5.41, 5.74) is 6.61. The smallest absolute Gasteiger partial charge is 0.274 e. The molecule has 2 unspecified atom stereocenters. The molecule has 7 nitrogen and oxygen atoms in total. The largest absolute Gasteiger partial charge is 0.396 e. The predicted molar refractivity (Wildman–Crippen MR) is 69.6 cm³/mol. The van der Waals surface area contributed by atoms with E-state index in [1.54, 1.807) is 9.58 Å². The Kier molecular flexibility index (Phi) is 4.06. The van der Waals surface area contributed by atoms with Crippen LogP contribution in [0.2, 0.25) is 0 Å². The zero-order valence-electron chi connectivity index (χ0n) is 11.2. The van der Waals surface area contributed by atoms with E-state index < -0.39 is 0 Å². The Morgan fingerprint density at radius 3 is 3.00 bits per heavy atom. The van der Waals surface area contributed by atoms with E-state index in [9.17, 15) is 9.90 Å². The third-order valence-electron chi connectivity index (χ3n) is 3.19. The van der Waals surface area contributed by atoms with Gasteiger partial charge in [-0.25, -0.2) is 0 Å². The quantitative estimate of drug-likeness (QED) is 0.785. The molecule has 1 aliphatic heterocycles. The average molecular weight is 268 g/mol. The number of amides is 1. The number of aliphatic hydroxyl groups is 1. The highest BCUT2D eigenvalue weighted by Gasteiger charge is 2.31. The van der Waals surface area contributed by atoms with E-state index >= 15 is 0 Å². The third kappa shape index (κ3) is 2.71. The topological polar surface area (TPSA) is 93.6 Å². The zero-order valence-corrected chi connectivity index (χ0v) is 11.2. The number of rotatable bonds is 3. The Hall–Kier alpha value is -1.60. The molecule has 0 bridgehead atoms. The van der Waals surface area contributed by atoms with E-state index in [1.807, 2.05) is 13.8 Å². The summed E-state index contributed by atoms with van der Waals surface area (Å²) >= 11 is 0. The molecule has 1 aromatic rings. The fourth-order valence-electron chi connectivity index (χ4n) is 2.34. The summed E-state index contributed by atoms with van der Waals surface area (Å²) in [6, 6.07) is 0. The maximum atomic E-state index is 12.5. The minimum absolute atomic E-state index is 0.101. The zero-order chi connectivity index (χ0) is 14.0. The Bertz CT molecular complexity index is 460. The second-order valence-electron chi connectivity index (χ2n) is 4.73. The van der Waals surface area contributed by atoms with E-state index in [0.717, 1.165) is 0 Å².